The lowest BCUT2D eigenvalue weighted by Crippen LogP contribution is -2.18. The van der Waals surface area contributed by atoms with Crippen molar-refractivity contribution >= 4 is 40.6 Å². The minimum atomic E-state index is -0.534. The lowest BCUT2D eigenvalue weighted by molar-refractivity contribution is -0.384. The Morgan fingerprint density at radius 2 is 1.81 bits per heavy atom. The molecule has 0 saturated heterocycles. The number of thioether (sulfide) groups is 1. The Labute approximate surface area is 186 Å². The SMILES string of the molecule is CCn1c(CC(=O)Nc2ccccc2F)nnc1SCC(=O)Nc1ccc([N+](=O)[O-])cc1. The smallest absolute Gasteiger partial charge is 0.269 e. The van der Waals surface area contributed by atoms with E-state index in [9.17, 15) is 24.1 Å². The van der Waals surface area contributed by atoms with E-state index in [1.54, 1.807) is 10.6 Å². The molecule has 1 aromatic heterocycles. The van der Waals surface area contributed by atoms with Crippen molar-refractivity contribution in [1.82, 2.24) is 14.8 Å². The first-order chi connectivity index (χ1) is 15.4. The van der Waals surface area contributed by atoms with Crippen molar-refractivity contribution in [3.05, 3.63) is 70.3 Å². The fraction of sp³-hybridized carbons (Fsp3) is 0.200. The summed E-state index contributed by atoms with van der Waals surface area (Å²) < 4.78 is 15.4. The summed E-state index contributed by atoms with van der Waals surface area (Å²) in [6.07, 6.45) is -0.106. The molecule has 3 rings (SSSR count). The van der Waals surface area contributed by atoms with Crippen molar-refractivity contribution in [2.24, 2.45) is 0 Å². The van der Waals surface area contributed by atoms with E-state index in [2.05, 4.69) is 20.8 Å². The van der Waals surface area contributed by atoms with Gasteiger partial charge < -0.3 is 15.2 Å². The fourth-order valence-corrected chi connectivity index (χ4v) is 3.59. The number of aromatic nitrogens is 3. The van der Waals surface area contributed by atoms with Crippen LogP contribution in [0.1, 0.15) is 12.7 Å². The standard InChI is InChI=1S/C20H19FN6O4S/c1-2-26-17(11-18(28)23-16-6-4-3-5-15(16)21)24-25-20(26)32-12-19(29)22-13-7-9-14(10-8-13)27(30)31/h3-10H,2,11-12H2,1H3,(H,22,29)(H,23,28). The predicted molar refractivity (Wildman–Crippen MR) is 117 cm³/mol. The molecule has 0 fully saturated rings. The number of anilines is 2. The Morgan fingerprint density at radius 3 is 2.47 bits per heavy atom. The summed E-state index contributed by atoms with van der Waals surface area (Å²) in [6, 6.07) is 11.3. The summed E-state index contributed by atoms with van der Waals surface area (Å²) in [6.45, 7) is 2.32. The summed E-state index contributed by atoms with van der Waals surface area (Å²) in [7, 11) is 0. The van der Waals surface area contributed by atoms with Crippen molar-refractivity contribution in [2.75, 3.05) is 16.4 Å². The van der Waals surface area contributed by atoms with E-state index >= 15 is 0 Å². The van der Waals surface area contributed by atoms with Crippen molar-refractivity contribution in [3.8, 4) is 0 Å². The number of nitrogens with one attached hydrogen (secondary N) is 2. The van der Waals surface area contributed by atoms with E-state index in [1.807, 2.05) is 6.92 Å². The number of halogens is 1. The zero-order chi connectivity index (χ0) is 23.1. The first-order valence-electron chi connectivity index (χ1n) is 9.51. The van der Waals surface area contributed by atoms with E-state index in [-0.39, 0.29) is 29.5 Å². The van der Waals surface area contributed by atoms with Crippen LogP contribution < -0.4 is 10.6 Å². The van der Waals surface area contributed by atoms with Crippen LogP contribution >= 0.6 is 11.8 Å². The number of nitro groups is 1. The van der Waals surface area contributed by atoms with Crippen LogP contribution in [0.15, 0.2) is 53.7 Å². The number of non-ortho nitro benzene ring substituents is 1. The summed E-state index contributed by atoms with van der Waals surface area (Å²) in [5.41, 5.74) is 0.446. The van der Waals surface area contributed by atoms with Crippen LogP contribution in [0.4, 0.5) is 21.5 Å². The molecule has 10 nitrogen and oxygen atoms in total. The van der Waals surface area contributed by atoms with Gasteiger partial charge in [-0.1, -0.05) is 23.9 Å². The molecule has 3 aromatic rings. The van der Waals surface area contributed by atoms with Crippen LogP contribution in [0, 0.1) is 15.9 Å². The molecule has 2 N–H and O–H groups in total. The van der Waals surface area contributed by atoms with Crippen LogP contribution in [0.25, 0.3) is 0 Å². The Morgan fingerprint density at radius 1 is 1.09 bits per heavy atom. The molecule has 0 unspecified atom stereocenters. The van der Waals surface area contributed by atoms with Crippen molar-refractivity contribution < 1.29 is 18.9 Å². The predicted octanol–water partition coefficient (Wildman–Crippen LogP) is 3.26. The van der Waals surface area contributed by atoms with E-state index < -0.39 is 16.6 Å². The van der Waals surface area contributed by atoms with E-state index in [1.165, 1.54) is 42.5 Å². The van der Waals surface area contributed by atoms with Gasteiger partial charge in [0.15, 0.2) is 5.16 Å². The summed E-state index contributed by atoms with van der Waals surface area (Å²) >= 11 is 1.14. The second-order valence-corrected chi connectivity index (χ2v) is 7.43. The molecular weight excluding hydrogens is 439 g/mol. The van der Waals surface area contributed by atoms with Gasteiger partial charge in [0.2, 0.25) is 11.8 Å². The quantitative estimate of drug-likeness (QED) is 0.286. The molecule has 0 aliphatic carbocycles. The van der Waals surface area contributed by atoms with E-state index in [4.69, 9.17) is 0 Å². The molecule has 2 amide bonds. The van der Waals surface area contributed by atoms with Gasteiger partial charge in [0.25, 0.3) is 5.69 Å². The van der Waals surface area contributed by atoms with Gasteiger partial charge in [-0.25, -0.2) is 4.39 Å². The summed E-state index contributed by atoms with van der Waals surface area (Å²) in [4.78, 5) is 34.6. The first-order valence-corrected chi connectivity index (χ1v) is 10.5. The number of benzene rings is 2. The Kier molecular flexibility index (Phi) is 7.49. The Balaban J connectivity index is 1.57. The number of hydrogen-bond donors (Lipinski definition) is 2. The maximum absolute atomic E-state index is 13.7. The number of hydrogen-bond acceptors (Lipinski definition) is 7. The molecule has 32 heavy (non-hydrogen) atoms. The van der Waals surface area contributed by atoms with Gasteiger partial charge in [-0.05, 0) is 31.2 Å². The highest BCUT2D eigenvalue weighted by Gasteiger charge is 2.17. The Hall–Kier alpha value is -3.80. The van der Waals surface area contributed by atoms with Crippen LogP contribution in [0.3, 0.4) is 0 Å². The number of rotatable bonds is 9. The van der Waals surface area contributed by atoms with Crippen LogP contribution in [0.2, 0.25) is 0 Å². The average Bonchev–Trinajstić information content (AvgIpc) is 3.15. The van der Waals surface area contributed by atoms with E-state index in [0.29, 0.717) is 23.2 Å². The van der Waals surface area contributed by atoms with Gasteiger partial charge in [-0.3, -0.25) is 19.7 Å². The fourth-order valence-electron chi connectivity index (χ4n) is 2.77. The molecule has 2 aromatic carbocycles. The zero-order valence-corrected chi connectivity index (χ0v) is 17.8. The third-order valence-electron chi connectivity index (χ3n) is 4.27. The van der Waals surface area contributed by atoms with Crippen molar-refractivity contribution in [3.63, 3.8) is 0 Å². The topological polar surface area (TPSA) is 132 Å². The zero-order valence-electron chi connectivity index (χ0n) is 16.9. The monoisotopic (exact) mass is 458 g/mol. The van der Waals surface area contributed by atoms with Gasteiger partial charge in [-0.15, -0.1) is 10.2 Å². The van der Waals surface area contributed by atoms with E-state index in [0.717, 1.165) is 11.8 Å². The molecule has 0 radical (unpaired) electrons. The number of nitro benzene ring substituents is 1. The summed E-state index contributed by atoms with van der Waals surface area (Å²) in [5, 5.41) is 24.4. The molecule has 1 heterocycles. The number of para-hydroxylation sites is 1. The lowest BCUT2D eigenvalue weighted by atomic mass is 10.3. The Bertz CT molecular complexity index is 1140. The van der Waals surface area contributed by atoms with Gasteiger partial charge in [0.1, 0.15) is 11.6 Å². The maximum Gasteiger partial charge on any atom is 0.269 e. The maximum atomic E-state index is 13.7. The molecule has 0 saturated carbocycles. The average molecular weight is 458 g/mol. The molecule has 166 valence electrons. The highest BCUT2D eigenvalue weighted by atomic mass is 32.2. The number of carbonyl (C=O) groups is 2. The minimum absolute atomic E-state index is 0.0243. The minimum Gasteiger partial charge on any atom is -0.325 e. The van der Waals surface area contributed by atoms with Crippen LogP contribution in [0.5, 0.6) is 0 Å². The number of nitrogens with zero attached hydrogens (tertiary/aromatic N) is 4. The molecule has 0 aliphatic heterocycles. The highest BCUT2D eigenvalue weighted by Crippen LogP contribution is 2.20. The van der Waals surface area contributed by atoms with Crippen LogP contribution in [-0.4, -0.2) is 37.3 Å². The molecule has 0 spiro atoms. The summed E-state index contributed by atoms with van der Waals surface area (Å²) in [5.74, 6) is -0.887. The molecular formula is C20H19FN6O4S. The largest absolute Gasteiger partial charge is 0.325 e. The van der Waals surface area contributed by atoms with Gasteiger partial charge in [0, 0.05) is 24.4 Å². The molecule has 0 bridgehead atoms. The number of amides is 2. The van der Waals surface area contributed by atoms with Gasteiger partial charge in [0.05, 0.1) is 22.8 Å². The molecule has 12 heteroatoms. The lowest BCUT2D eigenvalue weighted by Gasteiger charge is -2.09. The van der Waals surface area contributed by atoms with Crippen molar-refractivity contribution in [1.29, 1.82) is 0 Å². The third-order valence-corrected chi connectivity index (χ3v) is 5.24. The third kappa shape index (κ3) is 5.88. The second kappa shape index (κ2) is 10.5. The highest BCUT2D eigenvalue weighted by molar-refractivity contribution is 7.99. The number of carbonyl (C=O) groups excluding carboxylic acids is 2. The molecule has 0 aliphatic rings. The molecule has 0 atom stereocenters. The van der Waals surface area contributed by atoms with Crippen LogP contribution in [-0.2, 0) is 22.6 Å². The second-order valence-electron chi connectivity index (χ2n) is 6.49. The van der Waals surface area contributed by atoms with Gasteiger partial charge >= 0.3 is 0 Å². The van der Waals surface area contributed by atoms with Crippen molar-refractivity contribution in [2.45, 2.75) is 25.0 Å². The first kappa shape index (κ1) is 22.9. The normalized spacial score (nSPS) is 10.6. The van der Waals surface area contributed by atoms with Gasteiger partial charge in [-0.2, -0.15) is 0 Å².